The number of epoxide rings is 1. The Labute approximate surface area is 122 Å². The van der Waals surface area contributed by atoms with Crippen molar-refractivity contribution in [1.29, 1.82) is 0 Å². The van der Waals surface area contributed by atoms with Gasteiger partial charge in [-0.1, -0.05) is 30.7 Å². The monoisotopic (exact) mass is 293 g/mol. The van der Waals surface area contributed by atoms with Crippen molar-refractivity contribution in [2.75, 3.05) is 13.2 Å². The van der Waals surface area contributed by atoms with E-state index < -0.39 is 11.6 Å². The van der Waals surface area contributed by atoms with Gasteiger partial charge in [-0.05, 0) is 30.5 Å². The van der Waals surface area contributed by atoms with Crippen LogP contribution < -0.4 is 0 Å². The lowest BCUT2D eigenvalue weighted by Crippen LogP contribution is -2.39. The first-order valence-corrected chi connectivity index (χ1v) is 7.15. The Balaban J connectivity index is 2.02. The number of halogens is 1. The van der Waals surface area contributed by atoms with Crippen molar-refractivity contribution in [3.05, 3.63) is 34.3 Å². The SMILES string of the molecule is CCCN1C(=O)C(c2ccc(C)cc2Cl)C(=O)C12CO2. The smallest absolute Gasteiger partial charge is 0.240 e. The minimum Gasteiger partial charge on any atom is -0.341 e. The fraction of sp³-hybridized carbons (Fsp3) is 0.467. The molecule has 2 atom stereocenters. The maximum Gasteiger partial charge on any atom is 0.240 e. The molecule has 0 aromatic heterocycles. The summed E-state index contributed by atoms with van der Waals surface area (Å²) >= 11 is 6.21. The molecule has 2 heterocycles. The molecule has 3 rings (SSSR count). The number of carbonyl (C=O) groups is 2. The molecule has 2 fully saturated rings. The molecule has 2 aliphatic rings. The summed E-state index contributed by atoms with van der Waals surface area (Å²) in [7, 11) is 0. The minimum atomic E-state index is -1.01. The number of likely N-dealkylation sites (tertiary alicyclic amines) is 1. The van der Waals surface area contributed by atoms with Crippen molar-refractivity contribution in [2.45, 2.75) is 31.9 Å². The molecular formula is C15H16ClNO3. The Morgan fingerprint density at radius 1 is 1.45 bits per heavy atom. The fourth-order valence-corrected chi connectivity index (χ4v) is 3.17. The molecule has 0 N–H and O–H groups in total. The van der Waals surface area contributed by atoms with Gasteiger partial charge in [0.1, 0.15) is 12.5 Å². The molecule has 20 heavy (non-hydrogen) atoms. The van der Waals surface area contributed by atoms with E-state index in [1.165, 1.54) is 0 Å². The van der Waals surface area contributed by atoms with Gasteiger partial charge in [0.25, 0.3) is 0 Å². The standard InChI is InChI=1S/C15H16ClNO3/c1-3-6-17-14(19)12(13(18)15(17)8-20-15)10-5-4-9(2)7-11(10)16/h4-5,7,12H,3,6,8H2,1-2H3. The molecule has 1 aromatic carbocycles. The van der Waals surface area contributed by atoms with Crippen LogP contribution in [0.3, 0.4) is 0 Å². The highest BCUT2D eigenvalue weighted by molar-refractivity contribution is 6.32. The maximum atomic E-state index is 12.6. The Morgan fingerprint density at radius 2 is 2.15 bits per heavy atom. The second-order valence-electron chi connectivity index (χ2n) is 5.39. The lowest BCUT2D eigenvalue weighted by Gasteiger charge is -2.19. The third kappa shape index (κ3) is 1.79. The summed E-state index contributed by atoms with van der Waals surface area (Å²) in [6.07, 6.45) is 0.790. The van der Waals surface area contributed by atoms with Crippen molar-refractivity contribution in [3.63, 3.8) is 0 Å². The van der Waals surface area contributed by atoms with Gasteiger partial charge in [0, 0.05) is 11.6 Å². The van der Waals surface area contributed by atoms with E-state index in [-0.39, 0.29) is 11.7 Å². The zero-order chi connectivity index (χ0) is 14.5. The molecule has 0 aliphatic carbocycles. The average Bonchev–Trinajstić information content (AvgIpc) is 3.16. The molecule has 5 heteroatoms. The number of ketones is 1. The zero-order valence-corrected chi connectivity index (χ0v) is 12.2. The van der Waals surface area contributed by atoms with Crippen molar-refractivity contribution in [1.82, 2.24) is 4.90 Å². The van der Waals surface area contributed by atoms with Crippen LogP contribution in [0.5, 0.6) is 0 Å². The number of rotatable bonds is 3. The predicted molar refractivity (Wildman–Crippen MR) is 74.6 cm³/mol. The average molecular weight is 294 g/mol. The molecule has 2 aliphatic heterocycles. The van der Waals surface area contributed by atoms with Crippen LogP contribution in [0, 0.1) is 6.92 Å². The van der Waals surface area contributed by atoms with E-state index in [2.05, 4.69) is 0 Å². The van der Waals surface area contributed by atoms with Crippen molar-refractivity contribution in [3.8, 4) is 0 Å². The molecule has 2 unspecified atom stereocenters. The second-order valence-corrected chi connectivity index (χ2v) is 5.79. The highest BCUT2D eigenvalue weighted by Gasteiger charge is 2.67. The second kappa shape index (κ2) is 4.57. The Kier molecular flexibility index (Phi) is 3.10. The number of Topliss-reactive ketones (excluding diaryl/α,β-unsaturated/α-hetero) is 1. The number of nitrogens with zero attached hydrogens (tertiary/aromatic N) is 1. The van der Waals surface area contributed by atoms with Crippen LogP contribution in [0.15, 0.2) is 18.2 Å². The number of amides is 1. The van der Waals surface area contributed by atoms with Gasteiger partial charge in [0.2, 0.25) is 17.4 Å². The lowest BCUT2D eigenvalue weighted by atomic mass is 9.94. The summed E-state index contributed by atoms with van der Waals surface area (Å²) in [6, 6.07) is 5.41. The van der Waals surface area contributed by atoms with E-state index in [1.54, 1.807) is 17.0 Å². The molecule has 1 amide bonds. The van der Waals surface area contributed by atoms with Crippen molar-refractivity contribution < 1.29 is 14.3 Å². The molecule has 2 saturated heterocycles. The largest absolute Gasteiger partial charge is 0.341 e. The van der Waals surface area contributed by atoms with E-state index in [0.29, 0.717) is 23.7 Å². The van der Waals surface area contributed by atoms with Gasteiger partial charge >= 0.3 is 0 Å². The summed E-state index contributed by atoms with van der Waals surface area (Å²) in [5.41, 5.74) is 0.576. The van der Waals surface area contributed by atoms with Crippen LogP contribution in [0.4, 0.5) is 0 Å². The van der Waals surface area contributed by atoms with Crippen LogP contribution in [0.25, 0.3) is 0 Å². The van der Waals surface area contributed by atoms with Crippen LogP contribution >= 0.6 is 11.6 Å². The van der Waals surface area contributed by atoms with E-state index in [0.717, 1.165) is 12.0 Å². The van der Waals surface area contributed by atoms with Crippen LogP contribution in [-0.2, 0) is 14.3 Å². The van der Waals surface area contributed by atoms with Gasteiger partial charge in [0.15, 0.2) is 0 Å². The molecule has 106 valence electrons. The highest BCUT2D eigenvalue weighted by Crippen LogP contribution is 2.46. The first-order valence-electron chi connectivity index (χ1n) is 6.77. The van der Waals surface area contributed by atoms with E-state index in [1.807, 2.05) is 19.9 Å². The number of aryl methyl sites for hydroxylation is 1. The number of ether oxygens (including phenoxy) is 1. The van der Waals surface area contributed by atoms with Gasteiger partial charge in [0.05, 0.1) is 0 Å². The number of hydrogen-bond donors (Lipinski definition) is 0. The normalized spacial score (nSPS) is 28.6. The lowest BCUT2D eigenvalue weighted by molar-refractivity contribution is -0.132. The quantitative estimate of drug-likeness (QED) is 0.634. The maximum absolute atomic E-state index is 12.6. The number of carbonyl (C=O) groups excluding carboxylic acids is 2. The van der Waals surface area contributed by atoms with Crippen LogP contribution in [0.1, 0.15) is 30.4 Å². The van der Waals surface area contributed by atoms with Gasteiger partial charge in [-0.25, -0.2) is 0 Å². The summed E-state index contributed by atoms with van der Waals surface area (Å²) < 4.78 is 5.33. The Hall–Kier alpha value is -1.39. The summed E-state index contributed by atoms with van der Waals surface area (Å²) in [6.45, 7) is 4.73. The molecule has 0 bridgehead atoms. The van der Waals surface area contributed by atoms with Gasteiger partial charge in [-0.3, -0.25) is 9.59 Å². The topological polar surface area (TPSA) is 49.9 Å². The van der Waals surface area contributed by atoms with Crippen LogP contribution in [0.2, 0.25) is 5.02 Å². The fourth-order valence-electron chi connectivity index (χ4n) is 2.83. The van der Waals surface area contributed by atoms with Gasteiger partial charge in [-0.2, -0.15) is 0 Å². The minimum absolute atomic E-state index is 0.179. The summed E-state index contributed by atoms with van der Waals surface area (Å²) in [5.74, 6) is -1.20. The number of benzene rings is 1. The number of hydrogen-bond acceptors (Lipinski definition) is 3. The third-order valence-corrected chi connectivity index (χ3v) is 4.26. The molecule has 1 spiro atoms. The molecule has 0 saturated carbocycles. The molecule has 4 nitrogen and oxygen atoms in total. The summed E-state index contributed by atoms with van der Waals surface area (Å²) in [5, 5.41) is 0.464. The zero-order valence-electron chi connectivity index (χ0n) is 11.5. The Bertz CT molecular complexity index is 595. The predicted octanol–water partition coefficient (Wildman–Crippen LogP) is 2.28. The van der Waals surface area contributed by atoms with E-state index >= 15 is 0 Å². The van der Waals surface area contributed by atoms with Crippen molar-refractivity contribution in [2.24, 2.45) is 0 Å². The van der Waals surface area contributed by atoms with Crippen molar-refractivity contribution >= 4 is 23.3 Å². The highest BCUT2D eigenvalue weighted by atomic mass is 35.5. The summed E-state index contributed by atoms with van der Waals surface area (Å²) in [4.78, 5) is 26.7. The molecular weight excluding hydrogens is 278 g/mol. The van der Waals surface area contributed by atoms with Crippen LogP contribution in [-0.4, -0.2) is 35.5 Å². The first kappa shape index (κ1) is 13.6. The third-order valence-electron chi connectivity index (χ3n) is 3.93. The van der Waals surface area contributed by atoms with Gasteiger partial charge < -0.3 is 9.64 Å². The van der Waals surface area contributed by atoms with E-state index in [9.17, 15) is 9.59 Å². The Morgan fingerprint density at radius 3 is 2.70 bits per heavy atom. The molecule has 1 aromatic rings. The van der Waals surface area contributed by atoms with E-state index in [4.69, 9.17) is 16.3 Å². The van der Waals surface area contributed by atoms with Gasteiger partial charge in [-0.15, -0.1) is 0 Å². The molecule has 0 radical (unpaired) electrons. The first-order chi connectivity index (χ1) is 9.51.